The molecule has 0 aromatic heterocycles. The van der Waals surface area contributed by atoms with Crippen LogP contribution in [0, 0.1) is 11.3 Å². The quantitative estimate of drug-likeness (QED) is 0.317. The van der Waals surface area contributed by atoms with E-state index in [1.165, 1.54) is 28.0 Å². The van der Waals surface area contributed by atoms with Gasteiger partial charge in [-0.15, -0.1) is 0 Å². The molecule has 51 heavy (non-hydrogen) atoms. The molecule has 272 valence electrons. The minimum atomic E-state index is -1.72. The van der Waals surface area contributed by atoms with Gasteiger partial charge in [0.05, 0.1) is 24.8 Å². The fourth-order valence-electron chi connectivity index (χ4n) is 5.43. The number of nitrogens with one attached hydrogen (secondary N) is 1. The van der Waals surface area contributed by atoms with E-state index in [1.807, 2.05) is 12.1 Å². The van der Waals surface area contributed by atoms with Crippen molar-refractivity contribution < 1.29 is 47.7 Å². The zero-order valence-corrected chi connectivity index (χ0v) is 30.0. The standard InChI is InChI=1S/C36H43N5O10/c1-21(42)49-29(30-32(45)40(15-16-48-30)26-13-10-22-11-14-28(43)39(8)27(22)18-26)31(44)38-25-12-9-23(19-37)24(17-25)20-41(33(46)50-35(2,3)4)34(47)51-36(5,6)7/h9-10,12-13,17-18,29-30H,11,14-16,20H2,1-8H3,(H,38,44)/t29-,30-/m1/s1. The van der Waals surface area contributed by atoms with E-state index in [-0.39, 0.29) is 35.9 Å². The lowest BCUT2D eigenvalue weighted by molar-refractivity contribution is -0.167. The Balaban J connectivity index is 1.60. The van der Waals surface area contributed by atoms with Crippen molar-refractivity contribution in [3.63, 3.8) is 0 Å². The van der Waals surface area contributed by atoms with Crippen molar-refractivity contribution in [2.75, 3.05) is 35.3 Å². The lowest BCUT2D eigenvalue weighted by Gasteiger charge is -2.36. The van der Waals surface area contributed by atoms with Crippen LogP contribution in [0.5, 0.6) is 0 Å². The summed E-state index contributed by atoms with van der Waals surface area (Å²) in [6.07, 6.45) is -4.32. The molecule has 2 aromatic carbocycles. The van der Waals surface area contributed by atoms with Gasteiger partial charge in [-0.3, -0.25) is 19.2 Å². The van der Waals surface area contributed by atoms with Crippen LogP contribution in [0.4, 0.5) is 26.7 Å². The molecule has 15 heteroatoms. The number of fused-ring (bicyclic) bond motifs is 1. The number of hydrogen-bond acceptors (Lipinski definition) is 11. The number of ether oxygens (including phenoxy) is 4. The van der Waals surface area contributed by atoms with E-state index in [0.29, 0.717) is 29.1 Å². The van der Waals surface area contributed by atoms with E-state index >= 15 is 0 Å². The van der Waals surface area contributed by atoms with Crippen LogP contribution in [0.3, 0.4) is 0 Å². The van der Waals surface area contributed by atoms with E-state index in [0.717, 1.165) is 12.5 Å². The maximum absolute atomic E-state index is 13.8. The van der Waals surface area contributed by atoms with Gasteiger partial charge >= 0.3 is 18.2 Å². The number of rotatable bonds is 7. The Labute approximate surface area is 296 Å². The van der Waals surface area contributed by atoms with Gasteiger partial charge in [-0.05, 0) is 89.4 Å². The summed E-state index contributed by atoms with van der Waals surface area (Å²) in [5.74, 6) is -2.44. The van der Waals surface area contributed by atoms with Crippen LogP contribution >= 0.6 is 0 Å². The molecule has 0 bridgehead atoms. The Kier molecular flexibility index (Phi) is 11.4. The van der Waals surface area contributed by atoms with Gasteiger partial charge in [-0.25, -0.2) is 14.5 Å². The summed E-state index contributed by atoms with van der Waals surface area (Å²) in [4.78, 5) is 81.9. The van der Waals surface area contributed by atoms with Gasteiger partial charge in [0.25, 0.3) is 11.8 Å². The number of hydrogen-bond donors (Lipinski definition) is 1. The fourth-order valence-corrected chi connectivity index (χ4v) is 5.43. The average molecular weight is 706 g/mol. The Morgan fingerprint density at radius 2 is 1.65 bits per heavy atom. The molecule has 2 heterocycles. The molecule has 1 N–H and O–H groups in total. The predicted octanol–water partition coefficient (Wildman–Crippen LogP) is 4.44. The van der Waals surface area contributed by atoms with E-state index in [9.17, 15) is 34.0 Å². The second-order valence-corrected chi connectivity index (χ2v) is 14.1. The molecule has 2 aromatic rings. The monoisotopic (exact) mass is 705 g/mol. The Hall–Kier alpha value is -5.49. The van der Waals surface area contributed by atoms with Crippen molar-refractivity contribution >= 4 is 52.9 Å². The Bertz CT molecular complexity index is 1740. The normalized spacial score (nSPS) is 16.7. The number of carbonyl (C=O) groups excluding carboxylic acids is 6. The minimum Gasteiger partial charge on any atom is -0.449 e. The van der Waals surface area contributed by atoms with Gasteiger partial charge in [-0.2, -0.15) is 5.26 Å². The highest BCUT2D eigenvalue weighted by Gasteiger charge is 2.43. The molecule has 2 atom stereocenters. The zero-order valence-electron chi connectivity index (χ0n) is 30.0. The summed E-state index contributed by atoms with van der Waals surface area (Å²) in [6.45, 7) is 10.6. The van der Waals surface area contributed by atoms with Crippen molar-refractivity contribution in [3.8, 4) is 6.07 Å². The molecule has 4 rings (SSSR count). The van der Waals surface area contributed by atoms with Gasteiger partial charge in [0.15, 0.2) is 6.10 Å². The van der Waals surface area contributed by atoms with Gasteiger partial charge in [0.2, 0.25) is 12.0 Å². The summed E-state index contributed by atoms with van der Waals surface area (Å²) in [6, 6.07) is 11.5. The smallest absolute Gasteiger partial charge is 0.420 e. The lowest BCUT2D eigenvalue weighted by Crippen LogP contribution is -2.56. The van der Waals surface area contributed by atoms with Crippen molar-refractivity contribution in [3.05, 3.63) is 53.1 Å². The average Bonchev–Trinajstić information content (AvgIpc) is 3.02. The third kappa shape index (κ3) is 9.61. The van der Waals surface area contributed by atoms with Crippen molar-refractivity contribution in [2.45, 2.75) is 91.3 Å². The van der Waals surface area contributed by atoms with Gasteiger partial charge in [-0.1, -0.05) is 6.07 Å². The molecule has 0 unspecified atom stereocenters. The number of aryl methyl sites for hydroxylation is 1. The van der Waals surface area contributed by atoms with Crippen LogP contribution in [-0.4, -0.2) is 84.4 Å². The highest BCUT2D eigenvalue weighted by atomic mass is 16.6. The summed E-state index contributed by atoms with van der Waals surface area (Å²) < 4.78 is 21.9. The number of nitriles is 1. The van der Waals surface area contributed by atoms with E-state index in [1.54, 1.807) is 60.7 Å². The summed E-state index contributed by atoms with van der Waals surface area (Å²) in [5, 5.41) is 12.4. The number of imide groups is 1. The molecule has 0 spiro atoms. The maximum Gasteiger partial charge on any atom is 0.420 e. The number of carbonyl (C=O) groups is 6. The zero-order chi connectivity index (χ0) is 37.8. The summed E-state index contributed by atoms with van der Waals surface area (Å²) >= 11 is 0. The van der Waals surface area contributed by atoms with Crippen LogP contribution < -0.4 is 15.1 Å². The van der Waals surface area contributed by atoms with Crippen LogP contribution in [0.1, 0.15) is 71.6 Å². The molecule has 0 aliphatic carbocycles. The highest BCUT2D eigenvalue weighted by molar-refractivity contribution is 6.05. The number of nitrogens with zero attached hydrogens (tertiary/aromatic N) is 4. The number of morpholine rings is 1. The topological polar surface area (TPSA) is 185 Å². The van der Waals surface area contributed by atoms with Crippen LogP contribution in [0.25, 0.3) is 0 Å². The first kappa shape index (κ1) is 38.3. The third-order valence-electron chi connectivity index (χ3n) is 7.72. The van der Waals surface area contributed by atoms with Crippen LogP contribution in [0.15, 0.2) is 36.4 Å². The SMILES string of the molecule is CC(=O)O[C@@H](C(=O)Nc1ccc(C#N)c(CN(C(=O)OC(C)(C)C)C(=O)OC(C)(C)C)c1)[C@H]1OCCN(c2ccc3c(c2)N(C)C(=O)CC3)C1=O. The highest BCUT2D eigenvalue weighted by Crippen LogP contribution is 2.33. The summed E-state index contributed by atoms with van der Waals surface area (Å²) in [5.41, 5.74) is 0.526. The second-order valence-electron chi connectivity index (χ2n) is 14.1. The van der Waals surface area contributed by atoms with Crippen LogP contribution in [0.2, 0.25) is 0 Å². The Morgan fingerprint density at radius 1 is 1.00 bits per heavy atom. The predicted molar refractivity (Wildman–Crippen MR) is 184 cm³/mol. The number of benzene rings is 2. The fraction of sp³-hybridized carbons (Fsp3) is 0.472. The molecule has 0 radical (unpaired) electrons. The molecule has 1 saturated heterocycles. The molecule has 1 fully saturated rings. The molecule has 15 nitrogen and oxygen atoms in total. The molecule has 2 aliphatic rings. The van der Waals surface area contributed by atoms with Crippen molar-refractivity contribution in [1.82, 2.24) is 4.90 Å². The molecular formula is C36H43N5O10. The van der Waals surface area contributed by atoms with Gasteiger partial charge in [0.1, 0.15) is 11.2 Å². The first-order valence-electron chi connectivity index (χ1n) is 16.3. The number of esters is 1. The van der Waals surface area contributed by atoms with Crippen molar-refractivity contribution in [1.29, 1.82) is 5.26 Å². The first-order chi connectivity index (χ1) is 23.8. The Morgan fingerprint density at radius 3 is 2.24 bits per heavy atom. The third-order valence-corrected chi connectivity index (χ3v) is 7.72. The minimum absolute atomic E-state index is 0.0134. The molecule has 0 saturated carbocycles. The van der Waals surface area contributed by atoms with Gasteiger partial charge < -0.3 is 34.1 Å². The lowest BCUT2D eigenvalue weighted by atomic mass is 10.0. The second kappa shape index (κ2) is 15.2. The van der Waals surface area contributed by atoms with Crippen molar-refractivity contribution in [2.24, 2.45) is 0 Å². The molecule has 2 aliphatic heterocycles. The summed E-state index contributed by atoms with van der Waals surface area (Å²) in [7, 11) is 1.66. The van der Waals surface area contributed by atoms with E-state index < -0.39 is 59.9 Å². The number of anilines is 3. The first-order valence-corrected chi connectivity index (χ1v) is 16.3. The molecular weight excluding hydrogens is 662 g/mol. The van der Waals surface area contributed by atoms with E-state index in [4.69, 9.17) is 18.9 Å². The van der Waals surface area contributed by atoms with Crippen LogP contribution in [-0.2, 0) is 51.1 Å². The maximum atomic E-state index is 13.8. The largest absolute Gasteiger partial charge is 0.449 e. The number of amides is 5. The van der Waals surface area contributed by atoms with E-state index in [2.05, 4.69) is 5.32 Å². The molecule has 5 amide bonds. The van der Waals surface area contributed by atoms with Gasteiger partial charge in [0, 0.05) is 44.0 Å².